The van der Waals surface area contributed by atoms with Crippen molar-refractivity contribution < 1.29 is 14.3 Å². The zero-order valence-corrected chi connectivity index (χ0v) is 13.8. The van der Waals surface area contributed by atoms with Crippen molar-refractivity contribution in [1.82, 2.24) is 0 Å². The predicted octanol–water partition coefficient (Wildman–Crippen LogP) is 3.56. The molecule has 0 aromatic heterocycles. The third kappa shape index (κ3) is 2.62. The number of halogens is 1. The highest BCUT2D eigenvalue weighted by atomic mass is 35.5. The zero-order chi connectivity index (χ0) is 16.6. The van der Waals surface area contributed by atoms with E-state index in [0.717, 1.165) is 4.90 Å². The van der Waals surface area contributed by atoms with Crippen LogP contribution in [0.3, 0.4) is 0 Å². The molecule has 1 aliphatic rings. The number of imide groups is 1. The molecule has 2 amide bonds. The first-order valence-corrected chi connectivity index (χ1v) is 7.58. The fourth-order valence-electron chi connectivity index (χ4n) is 2.45. The van der Waals surface area contributed by atoms with Crippen LogP contribution in [0, 0.1) is 0 Å². The minimum Gasteiger partial charge on any atom is -0.490 e. The van der Waals surface area contributed by atoms with E-state index in [9.17, 15) is 9.59 Å². The van der Waals surface area contributed by atoms with Crippen molar-refractivity contribution >= 4 is 47.3 Å². The molecule has 2 aromatic carbocycles. The molecule has 1 heterocycles. The van der Waals surface area contributed by atoms with Gasteiger partial charge in [0, 0.05) is 9.92 Å². The molecule has 0 bridgehead atoms. The smallest absolute Gasteiger partial charge is 0.301 e. The van der Waals surface area contributed by atoms with Crippen molar-refractivity contribution in [3.63, 3.8) is 0 Å². The van der Waals surface area contributed by atoms with Gasteiger partial charge in [0.15, 0.2) is 5.76 Å². The van der Waals surface area contributed by atoms with Gasteiger partial charge in [0.1, 0.15) is 0 Å². The molecule has 2 aromatic rings. The van der Waals surface area contributed by atoms with Crippen LogP contribution >= 0.6 is 24.2 Å². The molecule has 6 heteroatoms. The maximum atomic E-state index is 12.8. The normalized spacial score (nSPS) is 14.7. The van der Waals surface area contributed by atoms with Gasteiger partial charge in [-0.05, 0) is 23.8 Å². The monoisotopic (exact) mass is 345 g/mol. The zero-order valence-electron chi connectivity index (χ0n) is 12.1. The van der Waals surface area contributed by atoms with E-state index in [1.807, 2.05) is 6.07 Å². The second kappa shape index (κ2) is 6.10. The van der Waals surface area contributed by atoms with Crippen LogP contribution in [0.25, 0.3) is 5.57 Å². The third-order valence-electron chi connectivity index (χ3n) is 3.49. The van der Waals surface area contributed by atoms with E-state index >= 15 is 0 Å². The van der Waals surface area contributed by atoms with Crippen LogP contribution < -0.4 is 4.90 Å². The number of hydrogen-bond acceptors (Lipinski definition) is 4. The maximum Gasteiger partial charge on any atom is 0.301 e. The van der Waals surface area contributed by atoms with Crippen molar-refractivity contribution in [2.75, 3.05) is 12.0 Å². The average molecular weight is 346 g/mol. The van der Waals surface area contributed by atoms with Crippen molar-refractivity contribution in [3.8, 4) is 0 Å². The minimum absolute atomic E-state index is 0.00825. The Hall–Kier alpha value is -2.24. The summed E-state index contributed by atoms with van der Waals surface area (Å²) in [6.07, 6.45) is 0. The van der Waals surface area contributed by atoms with Gasteiger partial charge >= 0.3 is 5.91 Å². The average Bonchev–Trinajstić information content (AvgIpc) is 2.81. The molecule has 0 atom stereocenters. The van der Waals surface area contributed by atoms with Crippen molar-refractivity contribution in [2.24, 2.45) is 0 Å². The fraction of sp³-hybridized carbons (Fsp3) is 0.0588. The summed E-state index contributed by atoms with van der Waals surface area (Å²) in [5, 5.41) is 0.408. The van der Waals surface area contributed by atoms with Crippen LogP contribution in [0.15, 0.2) is 59.2 Å². The number of hydrogen-bond donors (Lipinski definition) is 1. The number of anilines is 1. The summed E-state index contributed by atoms with van der Waals surface area (Å²) < 4.78 is 5.19. The summed E-state index contributed by atoms with van der Waals surface area (Å²) in [4.78, 5) is 27.0. The van der Waals surface area contributed by atoms with E-state index < -0.39 is 11.8 Å². The molecule has 0 fully saturated rings. The second-order valence-electron chi connectivity index (χ2n) is 4.85. The summed E-state index contributed by atoms with van der Waals surface area (Å²) in [5.41, 5.74) is 1.18. The van der Waals surface area contributed by atoms with Crippen LogP contribution in [0.1, 0.15) is 5.56 Å². The number of carbonyl (C=O) groups is 2. The fourth-order valence-corrected chi connectivity index (χ4v) is 2.86. The number of rotatable bonds is 3. The second-order valence-corrected chi connectivity index (χ2v) is 5.77. The molecule has 0 saturated carbocycles. The summed E-state index contributed by atoms with van der Waals surface area (Å²) in [6, 6.07) is 13.7. The molecule has 0 unspecified atom stereocenters. The molecule has 116 valence electrons. The standard InChI is InChI=1S/C17H12ClNO3S/c1-22-15-14(10-5-3-2-4-6-10)16(20)19(17(15)21)12-9-11(18)7-8-13(12)23/h2-9,23H,1H3. The topological polar surface area (TPSA) is 46.6 Å². The summed E-state index contributed by atoms with van der Waals surface area (Å²) in [5.74, 6) is -0.988. The molecule has 23 heavy (non-hydrogen) atoms. The number of benzene rings is 2. The number of methoxy groups -OCH3 is 1. The number of thiol groups is 1. The van der Waals surface area contributed by atoms with Crippen molar-refractivity contribution in [2.45, 2.75) is 4.90 Å². The first kappa shape index (κ1) is 15.6. The van der Waals surface area contributed by atoms with Crippen LogP contribution in [-0.4, -0.2) is 18.9 Å². The number of carbonyl (C=O) groups excluding carboxylic acids is 2. The lowest BCUT2D eigenvalue weighted by Gasteiger charge is -2.17. The molecule has 3 rings (SSSR count). The van der Waals surface area contributed by atoms with Crippen molar-refractivity contribution in [1.29, 1.82) is 0 Å². The lowest BCUT2D eigenvalue weighted by Crippen LogP contribution is -2.32. The van der Waals surface area contributed by atoms with Crippen LogP contribution in [0.2, 0.25) is 5.02 Å². The molecule has 0 aliphatic carbocycles. The molecule has 0 saturated heterocycles. The molecule has 0 N–H and O–H groups in total. The van der Waals surface area contributed by atoms with E-state index in [1.165, 1.54) is 13.2 Å². The van der Waals surface area contributed by atoms with Gasteiger partial charge < -0.3 is 4.74 Å². The van der Waals surface area contributed by atoms with E-state index in [1.54, 1.807) is 36.4 Å². The van der Waals surface area contributed by atoms with Gasteiger partial charge in [0.2, 0.25) is 0 Å². The first-order chi connectivity index (χ1) is 11.0. The summed E-state index contributed by atoms with van der Waals surface area (Å²) in [6.45, 7) is 0. The van der Waals surface area contributed by atoms with Crippen LogP contribution in [-0.2, 0) is 14.3 Å². The molecular formula is C17H12ClNO3S. The van der Waals surface area contributed by atoms with Gasteiger partial charge in [-0.15, -0.1) is 12.6 Å². The molecule has 4 nitrogen and oxygen atoms in total. The quantitative estimate of drug-likeness (QED) is 0.683. The van der Waals surface area contributed by atoms with Gasteiger partial charge in [-0.2, -0.15) is 0 Å². The van der Waals surface area contributed by atoms with E-state index in [0.29, 0.717) is 21.2 Å². The minimum atomic E-state index is -0.533. The molecule has 1 aliphatic heterocycles. The highest BCUT2D eigenvalue weighted by Gasteiger charge is 2.41. The Morgan fingerprint density at radius 3 is 2.39 bits per heavy atom. The van der Waals surface area contributed by atoms with Gasteiger partial charge in [0.05, 0.1) is 18.4 Å². The van der Waals surface area contributed by atoms with Gasteiger partial charge in [-0.3, -0.25) is 9.59 Å². The van der Waals surface area contributed by atoms with Gasteiger partial charge in [-0.1, -0.05) is 41.9 Å². The number of ether oxygens (including phenoxy) is 1. The Morgan fingerprint density at radius 1 is 1.04 bits per heavy atom. The molecule has 0 spiro atoms. The molecular weight excluding hydrogens is 334 g/mol. The molecule has 0 radical (unpaired) electrons. The Kier molecular flexibility index (Phi) is 4.15. The van der Waals surface area contributed by atoms with E-state index in [-0.39, 0.29) is 11.3 Å². The Labute approximate surface area is 143 Å². The summed E-state index contributed by atoms with van der Waals surface area (Å²) in [7, 11) is 1.37. The number of amides is 2. The Balaban J connectivity index is 2.14. The maximum absolute atomic E-state index is 12.8. The predicted molar refractivity (Wildman–Crippen MR) is 91.6 cm³/mol. The lowest BCUT2D eigenvalue weighted by molar-refractivity contribution is -0.121. The van der Waals surface area contributed by atoms with Gasteiger partial charge in [0.25, 0.3) is 5.91 Å². The SMILES string of the molecule is COC1=C(c2ccccc2)C(=O)N(c2cc(Cl)ccc2S)C1=O. The highest BCUT2D eigenvalue weighted by Crippen LogP contribution is 2.36. The van der Waals surface area contributed by atoms with Crippen molar-refractivity contribution in [3.05, 3.63) is 64.9 Å². The summed E-state index contributed by atoms with van der Waals surface area (Å²) >= 11 is 10.3. The van der Waals surface area contributed by atoms with E-state index in [2.05, 4.69) is 12.6 Å². The van der Waals surface area contributed by atoms with Crippen LogP contribution in [0.5, 0.6) is 0 Å². The van der Waals surface area contributed by atoms with Crippen LogP contribution in [0.4, 0.5) is 5.69 Å². The van der Waals surface area contributed by atoms with E-state index in [4.69, 9.17) is 16.3 Å². The Morgan fingerprint density at radius 2 is 1.74 bits per heavy atom. The van der Waals surface area contributed by atoms with Gasteiger partial charge in [-0.25, -0.2) is 4.90 Å². The lowest BCUT2D eigenvalue weighted by atomic mass is 10.1. The largest absolute Gasteiger partial charge is 0.490 e. The Bertz CT molecular complexity index is 833. The third-order valence-corrected chi connectivity index (χ3v) is 4.10. The number of nitrogens with zero attached hydrogens (tertiary/aromatic N) is 1. The highest BCUT2D eigenvalue weighted by molar-refractivity contribution is 7.80. The first-order valence-electron chi connectivity index (χ1n) is 6.75.